The Kier molecular flexibility index (Phi) is 5.46. The molecule has 154 valence electrons. The van der Waals surface area contributed by atoms with Crippen molar-refractivity contribution in [2.45, 2.75) is 12.5 Å². The number of benzene rings is 2. The van der Waals surface area contributed by atoms with Gasteiger partial charge in [0.2, 0.25) is 0 Å². The third-order valence-corrected chi connectivity index (χ3v) is 5.19. The quantitative estimate of drug-likeness (QED) is 0.568. The van der Waals surface area contributed by atoms with Gasteiger partial charge in [-0.25, -0.2) is 9.40 Å². The number of nitrogens with zero attached hydrogens (tertiary/aromatic N) is 2. The molecule has 0 N–H and O–H groups in total. The molecule has 0 bridgehead atoms. The maximum absolute atomic E-state index is 13.7. The van der Waals surface area contributed by atoms with Crippen LogP contribution in [0.4, 0.5) is 4.39 Å². The van der Waals surface area contributed by atoms with Crippen molar-refractivity contribution in [1.29, 1.82) is 0 Å². The third-order valence-electron chi connectivity index (χ3n) is 4.90. The molecule has 6 nitrogen and oxygen atoms in total. The zero-order valence-electron chi connectivity index (χ0n) is 16.3. The summed E-state index contributed by atoms with van der Waals surface area (Å²) in [5.41, 5.74) is 2.11. The van der Waals surface area contributed by atoms with E-state index in [1.165, 1.54) is 23.4 Å². The third kappa shape index (κ3) is 3.64. The second-order valence-corrected chi connectivity index (χ2v) is 7.04. The lowest BCUT2D eigenvalue weighted by atomic mass is 9.98. The van der Waals surface area contributed by atoms with Gasteiger partial charge in [0.25, 0.3) is 0 Å². The van der Waals surface area contributed by atoms with E-state index in [0.717, 1.165) is 5.56 Å². The van der Waals surface area contributed by atoms with Crippen LogP contribution in [0.1, 0.15) is 34.1 Å². The molecule has 3 aromatic rings. The molecule has 1 aliphatic rings. The van der Waals surface area contributed by atoms with Crippen molar-refractivity contribution < 1.29 is 23.1 Å². The number of halogens is 2. The van der Waals surface area contributed by atoms with Gasteiger partial charge in [-0.1, -0.05) is 17.7 Å². The Morgan fingerprint density at radius 1 is 1.17 bits per heavy atom. The van der Waals surface area contributed by atoms with Gasteiger partial charge in [-0.3, -0.25) is 4.79 Å². The fourth-order valence-electron chi connectivity index (χ4n) is 3.38. The zero-order valence-corrected chi connectivity index (χ0v) is 17.0. The van der Waals surface area contributed by atoms with E-state index in [2.05, 4.69) is 5.10 Å². The summed E-state index contributed by atoms with van der Waals surface area (Å²) in [7, 11) is 3.11. The molecule has 1 aliphatic heterocycles. The Hall–Kier alpha value is -3.32. The fraction of sp³-hybridized carbons (Fsp3) is 0.182. The van der Waals surface area contributed by atoms with Crippen LogP contribution >= 0.6 is 11.6 Å². The lowest BCUT2D eigenvalue weighted by Crippen LogP contribution is -2.26. The van der Waals surface area contributed by atoms with Gasteiger partial charge in [0.1, 0.15) is 5.82 Å². The summed E-state index contributed by atoms with van der Waals surface area (Å²) in [6, 6.07) is 12.5. The van der Waals surface area contributed by atoms with Gasteiger partial charge in [-0.05, 0) is 48.0 Å². The highest BCUT2D eigenvalue weighted by Gasteiger charge is 2.35. The molecule has 1 aromatic heterocycles. The van der Waals surface area contributed by atoms with E-state index in [9.17, 15) is 9.18 Å². The van der Waals surface area contributed by atoms with Crippen LogP contribution in [0.2, 0.25) is 5.02 Å². The molecule has 1 amide bonds. The Labute approximate surface area is 177 Å². The largest absolute Gasteiger partial charge is 0.493 e. The topological polar surface area (TPSA) is 64.3 Å². The van der Waals surface area contributed by atoms with Crippen molar-refractivity contribution in [3.8, 4) is 11.5 Å². The number of hydrogen-bond donors (Lipinski definition) is 0. The summed E-state index contributed by atoms with van der Waals surface area (Å²) in [6.45, 7) is 0. The van der Waals surface area contributed by atoms with Gasteiger partial charge in [0.05, 0.1) is 37.3 Å². The lowest BCUT2D eigenvalue weighted by Gasteiger charge is -2.21. The number of furan rings is 1. The first-order valence-corrected chi connectivity index (χ1v) is 9.51. The summed E-state index contributed by atoms with van der Waals surface area (Å²) in [5, 5.41) is 5.89. The molecule has 0 fully saturated rings. The summed E-state index contributed by atoms with van der Waals surface area (Å²) in [6.07, 6.45) is 1.83. The molecule has 30 heavy (non-hydrogen) atoms. The predicted molar refractivity (Wildman–Crippen MR) is 110 cm³/mol. The minimum absolute atomic E-state index is 0.0162. The predicted octanol–water partition coefficient (Wildman–Crippen LogP) is 5.08. The van der Waals surface area contributed by atoms with Crippen LogP contribution in [0.3, 0.4) is 0 Å². The van der Waals surface area contributed by atoms with Crippen LogP contribution in [0.25, 0.3) is 0 Å². The molecule has 0 saturated heterocycles. The second-order valence-electron chi connectivity index (χ2n) is 6.64. The van der Waals surface area contributed by atoms with Crippen molar-refractivity contribution in [2.75, 3.05) is 14.2 Å². The van der Waals surface area contributed by atoms with Crippen LogP contribution in [-0.4, -0.2) is 30.8 Å². The van der Waals surface area contributed by atoms with E-state index < -0.39 is 17.8 Å². The number of hydrogen-bond acceptors (Lipinski definition) is 5. The van der Waals surface area contributed by atoms with Gasteiger partial charge < -0.3 is 13.9 Å². The van der Waals surface area contributed by atoms with E-state index in [1.54, 1.807) is 44.6 Å². The normalized spacial score (nSPS) is 15.8. The summed E-state index contributed by atoms with van der Waals surface area (Å²) < 4.78 is 29.6. The average Bonchev–Trinajstić information content (AvgIpc) is 3.45. The number of ether oxygens (including phenoxy) is 2. The van der Waals surface area contributed by atoms with Gasteiger partial charge in [-0.2, -0.15) is 5.10 Å². The van der Waals surface area contributed by atoms with Crippen molar-refractivity contribution >= 4 is 23.2 Å². The van der Waals surface area contributed by atoms with Crippen LogP contribution in [0.5, 0.6) is 11.5 Å². The zero-order chi connectivity index (χ0) is 21.3. The first kappa shape index (κ1) is 20.0. The average molecular weight is 429 g/mol. The first-order chi connectivity index (χ1) is 14.5. The Morgan fingerprint density at radius 3 is 2.63 bits per heavy atom. The van der Waals surface area contributed by atoms with Gasteiger partial charge in [0, 0.05) is 12.0 Å². The molecule has 2 heterocycles. The van der Waals surface area contributed by atoms with Crippen LogP contribution in [0, 0.1) is 5.82 Å². The number of carbonyl (C=O) groups excluding carboxylic acids is 1. The minimum Gasteiger partial charge on any atom is -0.493 e. The molecule has 2 aromatic carbocycles. The molecule has 0 saturated carbocycles. The second kappa shape index (κ2) is 8.20. The van der Waals surface area contributed by atoms with Gasteiger partial charge in [-0.15, -0.1) is 0 Å². The van der Waals surface area contributed by atoms with Crippen molar-refractivity contribution in [2.24, 2.45) is 5.10 Å². The fourth-order valence-corrected chi connectivity index (χ4v) is 3.57. The van der Waals surface area contributed by atoms with Crippen LogP contribution in [0.15, 0.2) is 64.3 Å². The number of rotatable bonds is 5. The molecule has 0 radical (unpaired) electrons. The Bertz CT molecular complexity index is 1110. The number of methoxy groups -OCH3 is 2. The number of carbonyl (C=O) groups is 1. The van der Waals surface area contributed by atoms with Crippen molar-refractivity contribution in [3.63, 3.8) is 0 Å². The summed E-state index contributed by atoms with van der Waals surface area (Å²) >= 11 is 5.98. The van der Waals surface area contributed by atoms with E-state index in [1.807, 2.05) is 6.07 Å². The molecular formula is C22H18ClFN2O4. The van der Waals surface area contributed by atoms with Crippen molar-refractivity contribution in [1.82, 2.24) is 5.01 Å². The summed E-state index contributed by atoms with van der Waals surface area (Å²) in [5.74, 6) is 0.370. The smallest absolute Gasteiger partial charge is 0.310 e. The highest BCUT2D eigenvalue weighted by Crippen LogP contribution is 2.37. The number of hydrazone groups is 1. The standard InChI is InChI=1S/C22H18ClFN2O4/c1-28-19-8-6-13(11-21(19)29-2)17-12-18(14-5-7-16(24)15(23)10-14)26(25-17)22(27)20-4-3-9-30-20/h3-11,18H,12H2,1-2H3/t18-/m0/s1. The highest BCUT2D eigenvalue weighted by molar-refractivity contribution is 6.30. The molecule has 0 spiro atoms. The number of amides is 1. The highest BCUT2D eigenvalue weighted by atomic mass is 35.5. The van der Waals surface area contributed by atoms with E-state index in [0.29, 0.717) is 29.2 Å². The van der Waals surface area contributed by atoms with E-state index in [-0.39, 0.29) is 10.8 Å². The minimum atomic E-state index is -0.525. The molecule has 4 rings (SSSR count). The van der Waals surface area contributed by atoms with Crippen LogP contribution in [-0.2, 0) is 0 Å². The SMILES string of the molecule is COc1ccc(C2=NN(C(=O)c3ccco3)[C@H](c3ccc(F)c(Cl)c3)C2)cc1OC. The summed E-state index contributed by atoms with van der Waals surface area (Å²) in [4.78, 5) is 13.0. The molecule has 1 atom stereocenters. The molecule has 8 heteroatoms. The maximum atomic E-state index is 13.7. The molecular weight excluding hydrogens is 411 g/mol. The van der Waals surface area contributed by atoms with E-state index in [4.69, 9.17) is 25.5 Å². The van der Waals surface area contributed by atoms with Crippen molar-refractivity contribution in [3.05, 3.63) is 82.5 Å². The van der Waals surface area contributed by atoms with E-state index >= 15 is 0 Å². The van der Waals surface area contributed by atoms with Gasteiger partial charge in [0.15, 0.2) is 17.3 Å². The Morgan fingerprint density at radius 2 is 1.97 bits per heavy atom. The first-order valence-electron chi connectivity index (χ1n) is 9.13. The van der Waals surface area contributed by atoms with Gasteiger partial charge >= 0.3 is 5.91 Å². The monoisotopic (exact) mass is 428 g/mol. The lowest BCUT2D eigenvalue weighted by molar-refractivity contribution is 0.0678. The Balaban J connectivity index is 1.74. The molecule has 0 unspecified atom stereocenters. The van der Waals surface area contributed by atoms with Crippen LogP contribution < -0.4 is 9.47 Å². The molecule has 0 aliphatic carbocycles. The maximum Gasteiger partial charge on any atom is 0.310 e.